The zero-order valence-corrected chi connectivity index (χ0v) is 11.8. The van der Waals surface area contributed by atoms with E-state index in [9.17, 15) is 0 Å². The highest BCUT2D eigenvalue weighted by atomic mass is 15.2. The lowest BCUT2D eigenvalue weighted by Crippen LogP contribution is -2.48. The van der Waals surface area contributed by atoms with Crippen molar-refractivity contribution in [2.45, 2.75) is 63.8 Å². The van der Waals surface area contributed by atoms with Gasteiger partial charge in [0.05, 0.1) is 0 Å². The van der Waals surface area contributed by atoms with Crippen molar-refractivity contribution < 1.29 is 0 Å². The fourth-order valence-electron chi connectivity index (χ4n) is 3.77. The van der Waals surface area contributed by atoms with Gasteiger partial charge >= 0.3 is 0 Å². The molecule has 0 bridgehead atoms. The standard InChI is InChI=1S/C16H30N2/c17-10-16(15-4-2-1-3-5-15)18(11-13-6-7-13)12-14-8-9-14/h13-16H,1-12,17H2. The minimum absolute atomic E-state index is 0.700. The van der Waals surface area contributed by atoms with Crippen LogP contribution < -0.4 is 5.73 Å². The number of nitrogens with two attached hydrogens (primary N) is 1. The zero-order chi connectivity index (χ0) is 12.4. The Balaban J connectivity index is 1.59. The van der Waals surface area contributed by atoms with E-state index in [0.29, 0.717) is 6.04 Å². The lowest BCUT2D eigenvalue weighted by molar-refractivity contribution is 0.111. The third-order valence-corrected chi connectivity index (χ3v) is 5.28. The van der Waals surface area contributed by atoms with E-state index < -0.39 is 0 Å². The van der Waals surface area contributed by atoms with Crippen molar-refractivity contribution in [1.82, 2.24) is 4.90 Å². The van der Waals surface area contributed by atoms with Gasteiger partial charge in [0.25, 0.3) is 0 Å². The summed E-state index contributed by atoms with van der Waals surface area (Å²) in [6.07, 6.45) is 13.1. The lowest BCUT2D eigenvalue weighted by atomic mass is 9.83. The van der Waals surface area contributed by atoms with Crippen LogP contribution in [-0.2, 0) is 0 Å². The number of hydrogen-bond acceptors (Lipinski definition) is 2. The van der Waals surface area contributed by atoms with Crippen molar-refractivity contribution in [3.05, 3.63) is 0 Å². The Bertz CT molecular complexity index is 238. The fraction of sp³-hybridized carbons (Fsp3) is 1.00. The van der Waals surface area contributed by atoms with E-state index >= 15 is 0 Å². The molecule has 3 fully saturated rings. The topological polar surface area (TPSA) is 29.3 Å². The van der Waals surface area contributed by atoms with Gasteiger partial charge in [-0.1, -0.05) is 19.3 Å². The molecular formula is C16H30N2. The SMILES string of the molecule is NCC(C1CCCCC1)N(CC1CC1)CC1CC1. The van der Waals surface area contributed by atoms with Gasteiger partial charge in [0.15, 0.2) is 0 Å². The minimum atomic E-state index is 0.700. The van der Waals surface area contributed by atoms with Crippen LogP contribution in [-0.4, -0.2) is 30.6 Å². The monoisotopic (exact) mass is 250 g/mol. The van der Waals surface area contributed by atoms with Gasteiger partial charge in [0, 0.05) is 25.7 Å². The molecule has 0 aromatic carbocycles. The molecule has 0 aromatic heterocycles. The van der Waals surface area contributed by atoms with Crippen molar-refractivity contribution in [3.63, 3.8) is 0 Å². The number of nitrogens with zero attached hydrogens (tertiary/aromatic N) is 1. The van der Waals surface area contributed by atoms with Crippen molar-refractivity contribution in [2.24, 2.45) is 23.5 Å². The molecule has 0 aromatic rings. The average molecular weight is 250 g/mol. The molecule has 2 nitrogen and oxygen atoms in total. The van der Waals surface area contributed by atoms with Crippen LogP contribution in [0.2, 0.25) is 0 Å². The maximum absolute atomic E-state index is 6.16. The highest BCUT2D eigenvalue weighted by Crippen LogP contribution is 2.37. The summed E-state index contributed by atoms with van der Waals surface area (Å²) >= 11 is 0. The Morgan fingerprint density at radius 3 is 1.83 bits per heavy atom. The quantitative estimate of drug-likeness (QED) is 0.752. The van der Waals surface area contributed by atoms with Crippen LogP contribution in [0.5, 0.6) is 0 Å². The minimum Gasteiger partial charge on any atom is -0.329 e. The predicted octanol–water partition coefficient (Wildman–Crippen LogP) is 3.02. The molecule has 0 saturated heterocycles. The predicted molar refractivity (Wildman–Crippen MR) is 76.4 cm³/mol. The van der Waals surface area contributed by atoms with Crippen LogP contribution in [0.15, 0.2) is 0 Å². The molecule has 104 valence electrons. The molecule has 0 aliphatic heterocycles. The molecule has 0 heterocycles. The first-order valence-electron chi connectivity index (χ1n) is 8.31. The van der Waals surface area contributed by atoms with Gasteiger partial charge < -0.3 is 5.73 Å². The Hall–Kier alpha value is -0.0800. The summed E-state index contributed by atoms with van der Waals surface area (Å²) in [5.41, 5.74) is 6.16. The summed E-state index contributed by atoms with van der Waals surface area (Å²) < 4.78 is 0. The third-order valence-electron chi connectivity index (χ3n) is 5.28. The molecule has 1 atom stereocenters. The summed E-state index contributed by atoms with van der Waals surface area (Å²) in [5, 5.41) is 0. The third kappa shape index (κ3) is 3.48. The molecule has 3 saturated carbocycles. The van der Waals surface area contributed by atoms with Crippen LogP contribution in [0.3, 0.4) is 0 Å². The van der Waals surface area contributed by atoms with Crippen LogP contribution in [0.25, 0.3) is 0 Å². The van der Waals surface area contributed by atoms with Gasteiger partial charge in [-0.05, 0) is 56.3 Å². The first-order valence-corrected chi connectivity index (χ1v) is 8.31. The van der Waals surface area contributed by atoms with E-state index in [1.807, 2.05) is 0 Å². The molecule has 0 spiro atoms. The van der Waals surface area contributed by atoms with Gasteiger partial charge in [-0.2, -0.15) is 0 Å². The maximum atomic E-state index is 6.16. The molecule has 3 aliphatic rings. The van der Waals surface area contributed by atoms with Crippen LogP contribution in [0, 0.1) is 17.8 Å². The van der Waals surface area contributed by atoms with Gasteiger partial charge in [-0.3, -0.25) is 4.90 Å². The first kappa shape index (κ1) is 12.9. The second-order valence-electron chi connectivity index (χ2n) is 7.04. The molecule has 2 heteroatoms. The van der Waals surface area contributed by atoms with Crippen molar-refractivity contribution in [1.29, 1.82) is 0 Å². The highest BCUT2D eigenvalue weighted by molar-refractivity contribution is 4.89. The van der Waals surface area contributed by atoms with Gasteiger partial charge in [-0.25, -0.2) is 0 Å². The van der Waals surface area contributed by atoms with Crippen molar-refractivity contribution >= 4 is 0 Å². The summed E-state index contributed by atoms with van der Waals surface area (Å²) in [4.78, 5) is 2.81. The van der Waals surface area contributed by atoms with E-state index in [1.165, 1.54) is 70.9 Å². The molecule has 3 aliphatic carbocycles. The molecule has 2 N–H and O–H groups in total. The maximum Gasteiger partial charge on any atom is 0.0246 e. The van der Waals surface area contributed by atoms with E-state index in [-0.39, 0.29) is 0 Å². The van der Waals surface area contributed by atoms with Gasteiger partial charge in [0.2, 0.25) is 0 Å². The smallest absolute Gasteiger partial charge is 0.0246 e. The van der Waals surface area contributed by atoms with Crippen LogP contribution in [0.1, 0.15) is 57.8 Å². The molecule has 0 radical (unpaired) electrons. The van der Waals surface area contributed by atoms with E-state index in [2.05, 4.69) is 4.90 Å². The normalized spacial score (nSPS) is 27.7. The van der Waals surface area contributed by atoms with Crippen molar-refractivity contribution in [3.8, 4) is 0 Å². The van der Waals surface area contributed by atoms with Crippen LogP contribution in [0.4, 0.5) is 0 Å². The fourth-order valence-corrected chi connectivity index (χ4v) is 3.77. The van der Waals surface area contributed by atoms with Crippen molar-refractivity contribution in [2.75, 3.05) is 19.6 Å². The Morgan fingerprint density at radius 1 is 0.833 bits per heavy atom. The summed E-state index contributed by atoms with van der Waals surface area (Å²) in [6, 6.07) is 0.700. The second-order valence-corrected chi connectivity index (χ2v) is 7.04. The van der Waals surface area contributed by atoms with E-state index in [1.54, 1.807) is 0 Å². The number of hydrogen-bond donors (Lipinski definition) is 1. The second kappa shape index (κ2) is 5.92. The van der Waals surface area contributed by atoms with Gasteiger partial charge in [-0.15, -0.1) is 0 Å². The van der Waals surface area contributed by atoms with Crippen LogP contribution >= 0.6 is 0 Å². The van der Waals surface area contributed by atoms with E-state index in [4.69, 9.17) is 5.73 Å². The summed E-state index contributed by atoms with van der Waals surface area (Å²) in [5.74, 6) is 2.93. The Kier molecular flexibility index (Phi) is 4.25. The summed E-state index contributed by atoms with van der Waals surface area (Å²) in [7, 11) is 0. The molecular weight excluding hydrogens is 220 g/mol. The largest absolute Gasteiger partial charge is 0.329 e. The molecule has 0 amide bonds. The Morgan fingerprint density at radius 2 is 1.39 bits per heavy atom. The highest BCUT2D eigenvalue weighted by Gasteiger charge is 2.35. The summed E-state index contributed by atoms with van der Waals surface area (Å²) in [6.45, 7) is 3.60. The first-order chi connectivity index (χ1) is 8.86. The molecule has 1 unspecified atom stereocenters. The van der Waals surface area contributed by atoms with Gasteiger partial charge in [0.1, 0.15) is 0 Å². The zero-order valence-electron chi connectivity index (χ0n) is 11.8. The Labute approximate surface area is 112 Å². The lowest BCUT2D eigenvalue weighted by Gasteiger charge is -2.38. The molecule has 18 heavy (non-hydrogen) atoms. The van der Waals surface area contributed by atoms with E-state index in [0.717, 1.165) is 24.3 Å². The average Bonchev–Trinajstić information content (AvgIpc) is 3.27. The number of rotatable bonds is 7. The molecule has 3 rings (SSSR count).